The van der Waals surface area contributed by atoms with Crippen molar-refractivity contribution in [1.82, 2.24) is 19.5 Å². The van der Waals surface area contributed by atoms with Crippen LogP contribution in [0.3, 0.4) is 0 Å². The van der Waals surface area contributed by atoms with Gasteiger partial charge in [-0.15, -0.1) is 17.5 Å². The number of fused-ring (bicyclic) bond motifs is 1. The van der Waals surface area contributed by atoms with Crippen molar-refractivity contribution in [2.45, 2.75) is 39.3 Å². The summed E-state index contributed by atoms with van der Waals surface area (Å²) in [4.78, 5) is 24.2. The Bertz CT molecular complexity index is 724. The molecule has 2 aromatic heterocycles. The minimum Gasteiger partial charge on any atom is -0.349 e. The maximum Gasteiger partial charge on any atom is 0.350 e. The van der Waals surface area contributed by atoms with Crippen LogP contribution in [-0.2, 0) is 11.3 Å². The van der Waals surface area contributed by atoms with Gasteiger partial charge in [-0.1, -0.05) is 19.9 Å². The molecule has 0 aliphatic carbocycles. The van der Waals surface area contributed by atoms with Gasteiger partial charge in [0.2, 0.25) is 5.91 Å². The Kier molecular flexibility index (Phi) is 6.35. The van der Waals surface area contributed by atoms with E-state index in [-0.39, 0.29) is 42.9 Å². The van der Waals surface area contributed by atoms with Crippen molar-refractivity contribution in [3.63, 3.8) is 0 Å². The van der Waals surface area contributed by atoms with Crippen LogP contribution in [0.4, 0.5) is 0 Å². The molecule has 0 saturated heterocycles. The number of hydrogen-bond donors (Lipinski definition) is 2. The highest BCUT2D eigenvalue weighted by Crippen LogP contribution is 2.14. The number of halogens is 1. The molecule has 0 aromatic carbocycles. The average molecular weight is 342 g/mol. The first kappa shape index (κ1) is 19.2. The Balaban J connectivity index is 0.00000264. The third kappa shape index (κ3) is 4.11. The molecule has 1 atom stereocenters. The number of rotatable bonds is 6. The molecule has 2 rings (SSSR count). The third-order valence-electron chi connectivity index (χ3n) is 4.16. The standard InChI is InChI=1S/C15H23N5O2.ClH/c1-11(2)15(3,10-16)17-13(21)7-9-20-14(22)19-8-5-4-6-12(19)18-20;/h4-6,8,11H,7,9-10,16H2,1-3H3,(H,17,21);1H. The van der Waals surface area contributed by atoms with E-state index >= 15 is 0 Å². The fraction of sp³-hybridized carbons (Fsp3) is 0.533. The highest BCUT2D eigenvalue weighted by atomic mass is 35.5. The van der Waals surface area contributed by atoms with E-state index in [1.165, 1.54) is 9.08 Å². The lowest BCUT2D eigenvalue weighted by Gasteiger charge is -2.33. The second kappa shape index (κ2) is 7.61. The molecule has 1 amide bonds. The number of pyridine rings is 1. The maximum absolute atomic E-state index is 12.1. The Morgan fingerprint density at radius 3 is 2.70 bits per heavy atom. The molecule has 0 aliphatic heterocycles. The number of nitrogens with two attached hydrogens (primary N) is 1. The van der Waals surface area contributed by atoms with E-state index in [0.29, 0.717) is 12.2 Å². The van der Waals surface area contributed by atoms with Gasteiger partial charge in [0.25, 0.3) is 0 Å². The van der Waals surface area contributed by atoms with Crippen LogP contribution in [0.15, 0.2) is 29.2 Å². The molecule has 3 N–H and O–H groups in total. The zero-order valence-electron chi connectivity index (χ0n) is 13.7. The molecule has 0 spiro atoms. The molecular weight excluding hydrogens is 318 g/mol. The summed E-state index contributed by atoms with van der Waals surface area (Å²) >= 11 is 0. The zero-order chi connectivity index (χ0) is 16.3. The van der Waals surface area contributed by atoms with Crippen molar-refractivity contribution in [2.24, 2.45) is 11.7 Å². The van der Waals surface area contributed by atoms with Crippen LogP contribution >= 0.6 is 12.4 Å². The summed E-state index contributed by atoms with van der Waals surface area (Å²) in [6.45, 7) is 6.56. The van der Waals surface area contributed by atoms with Gasteiger partial charge >= 0.3 is 5.69 Å². The first-order valence-electron chi connectivity index (χ1n) is 7.42. The van der Waals surface area contributed by atoms with E-state index in [0.717, 1.165) is 0 Å². The van der Waals surface area contributed by atoms with Gasteiger partial charge in [0.05, 0.1) is 12.1 Å². The Morgan fingerprint density at radius 1 is 1.43 bits per heavy atom. The van der Waals surface area contributed by atoms with E-state index in [4.69, 9.17) is 5.73 Å². The predicted molar refractivity (Wildman–Crippen MR) is 91.8 cm³/mol. The van der Waals surface area contributed by atoms with Crippen molar-refractivity contribution >= 4 is 24.0 Å². The zero-order valence-corrected chi connectivity index (χ0v) is 14.5. The quantitative estimate of drug-likeness (QED) is 0.812. The molecule has 2 heterocycles. The lowest BCUT2D eigenvalue weighted by molar-refractivity contribution is -0.123. The van der Waals surface area contributed by atoms with Crippen molar-refractivity contribution in [3.05, 3.63) is 34.9 Å². The number of aromatic nitrogens is 3. The summed E-state index contributed by atoms with van der Waals surface area (Å²) in [5.74, 6) is 0.0879. The minimum atomic E-state index is -0.443. The molecule has 7 nitrogen and oxygen atoms in total. The van der Waals surface area contributed by atoms with Crippen LogP contribution in [0.2, 0.25) is 0 Å². The third-order valence-corrected chi connectivity index (χ3v) is 4.16. The molecule has 0 bridgehead atoms. The molecule has 0 saturated carbocycles. The van der Waals surface area contributed by atoms with Gasteiger partial charge in [-0.2, -0.15) is 0 Å². The molecule has 8 heteroatoms. The molecule has 2 aromatic rings. The molecule has 0 radical (unpaired) electrons. The second-order valence-corrected chi connectivity index (χ2v) is 6.01. The normalized spacial score (nSPS) is 13.6. The summed E-state index contributed by atoms with van der Waals surface area (Å²) < 4.78 is 2.76. The van der Waals surface area contributed by atoms with E-state index in [1.807, 2.05) is 26.8 Å². The van der Waals surface area contributed by atoms with Crippen LogP contribution in [0.5, 0.6) is 0 Å². The highest BCUT2D eigenvalue weighted by Gasteiger charge is 2.28. The number of aryl methyl sites for hydroxylation is 1. The largest absolute Gasteiger partial charge is 0.350 e. The highest BCUT2D eigenvalue weighted by molar-refractivity contribution is 5.85. The van der Waals surface area contributed by atoms with Gasteiger partial charge < -0.3 is 11.1 Å². The number of amides is 1. The second-order valence-electron chi connectivity index (χ2n) is 6.01. The van der Waals surface area contributed by atoms with E-state index in [1.54, 1.807) is 18.3 Å². The lowest BCUT2D eigenvalue weighted by atomic mass is 9.88. The minimum absolute atomic E-state index is 0. The van der Waals surface area contributed by atoms with Crippen LogP contribution in [0.25, 0.3) is 5.65 Å². The summed E-state index contributed by atoms with van der Waals surface area (Å²) in [5.41, 5.74) is 5.64. The SMILES string of the molecule is CC(C)C(C)(CN)NC(=O)CCn1nc2ccccn2c1=O.Cl. The van der Waals surface area contributed by atoms with E-state index in [2.05, 4.69) is 10.4 Å². The molecule has 0 aliphatic rings. The van der Waals surface area contributed by atoms with Crippen molar-refractivity contribution in [3.8, 4) is 0 Å². The van der Waals surface area contributed by atoms with Crippen molar-refractivity contribution in [1.29, 1.82) is 0 Å². The Morgan fingerprint density at radius 2 is 2.13 bits per heavy atom. The van der Waals surface area contributed by atoms with Crippen molar-refractivity contribution in [2.75, 3.05) is 6.54 Å². The Hall–Kier alpha value is -1.86. The number of carbonyl (C=O) groups excluding carboxylic acids is 1. The van der Waals surface area contributed by atoms with Crippen LogP contribution in [0.1, 0.15) is 27.2 Å². The van der Waals surface area contributed by atoms with Gasteiger partial charge in [0.15, 0.2) is 5.65 Å². The Labute approximate surface area is 141 Å². The van der Waals surface area contributed by atoms with Gasteiger partial charge in [-0.25, -0.2) is 9.48 Å². The summed E-state index contributed by atoms with van der Waals surface area (Å²) in [6.07, 6.45) is 1.84. The number of nitrogens with zero attached hydrogens (tertiary/aromatic N) is 3. The molecule has 0 fully saturated rings. The van der Waals surface area contributed by atoms with Gasteiger partial charge in [0, 0.05) is 19.2 Å². The lowest BCUT2D eigenvalue weighted by Crippen LogP contribution is -2.55. The number of nitrogens with one attached hydrogen (secondary N) is 1. The van der Waals surface area contributed by atoms with Crippen LogP contribution in [0, 0.1) is 5.92 Å². The van der Waals surface area contributed by atoms with E-state index in [9.17, 15) is 9.59 Å². The van der Waals surface area contributed by atoms with Crippen LogP contribution in [-0.4, -0.2) is 32.2 Å². The molecule has 1 unspecified atom stereocenters. The van der Waals surface area contributed by atoms with Gasteiger partial charge in [-0.3, -0.25) is 9.20 Å². The average Bonchev–Trinajstić information content (AvgIpc) is 2.82. The predicted octanol–water partition coefficient (Wildman–Crippen LogP) is 0.798. The summed E-state index contributed by atoms with van der Waals surface area (Å²) in [5, 5.41) is 7.15. The first-order valence-corrected chi connectivity index (χ1v) is 7.42. The molecular formula is C15H24ClN5O2. The van der Waals surface area contributed by atoms with Crippen molar-refractivity contribution < 1.29 is 4.79 Å². The molecule has 128 valence electrons. The van der Waals surface area contributed by atoms with E-state index < -0.39 is 5.54 Å². The van der Waals surface area contributed by atoms with Crippen LogP contribution < -0.4 is 16.7 Å². The molecule has 23 heavy (non-hydrogen) atoms. The summed E-state index contributed by atoms with van der Waals surface area (Å²) in [6, 6.07) is 5.33. The van der Waals surface area contributed by atoms with Gasteiger partial charge in [-0.05, 0) is 25.0 Å². The number of carbonyl (C=O) groups is 1. The monoisotopic (exact) mass is 341 g/mol. The first-order chi connectivity index (χ1) is 10.4. The maximum atomic E-state index is 12.1. The summed E-state index contributed by atoms with van der Waals surface area (Å²) in [7, 11) is 0. The van der Waals surface area contributed by atoms with Gasteiger partial charge in [0.1, 0.15) is 0 Å². The fourth-order valence-corrected chi connectivity index (χ4v) is 2.13. The number of hydrogen-bond acceptors (Lipinski definition) is 4. The smallest absolute Gasteiger partial charge is 0.349 e. The fourth-order valence-electron chi connectivity index (χ4n) is 2.13. The topological polar surface area (TPSA) is 94.4 Å².